The lowest BCUT2D eigenvalue weighted by atomic mass is 9.97. The topological polar surface area (TPSA) is 58.2 Å². The van der Waals surface area contributed by atoms with Crippen LogP contribution in [0.1, 0.15) is 20.3 Å². The van der Waals surface area contributed by atoms with Gasteiger partial charge in [0.05, 0.1) is 6.54 Å². The molecule has 0 aromatic rings. The summed E-state index contributed by atoms with van der Waals surface area (Å²) in [6.07, 6.45) is 0.887. The summed E-state index contributed by atoms with van der Waals surface area (Å²) in [7, 11) is 0. The lowest BCUT2D eigenvalue weighted by Gasteiger charge is -2.27. The lowest BCUT2D eigenvalue weighted by molar-refractivity contribution is -0.134. The summed E-state index contributed by atoms with van der Waals surface area (Å²) in [6, 6.07) is -0.337. The van der Waals surface area contributed by atoms with Crippen LogP contribution in [0, 0.1) is 5.92 Å². The highest BCUT2D eigenvalue weighted by atomic mass is 16.2. The van der Waals surface area contributed by atoms with Crippen molar-refractivity contribution in [1.82, 2.24) is 10.6 Å². The molecule has 1 aliphatic rings. The van der Waals surface area contributed by atoms with E-state index in [0.717, 1.165) is 6.42 Å². The molecule has 0 aromatic heterocycles. The van der Waals surface area contributed by atoms with E-state index in [1.54, 1.807) is 0 Å². The summed E-state index contributed by atoms with van der Waals surface area (Å²) in [4.78, 5) is 22.1. The van der Waals surface area contributed by atoms with Crippen LogP contribution in [0.5, 0.6) is 0 Å². The first-order chi connectivity index (χ1) is 5.65. The van der Waals surface area contributed by atoms with Gasteiger partial charge in [0.15, 0.2) is 0 Å². The molecule has 1 fully saturated rings. The van der Waals surface area contributed by atoms with Crippen molar-refractivity contribution in [3.05, 3.63) is 0 Å². The minimum Gasteiger partial charge on any atom is -0.345 e. The lowest BCUT2D eigenvalue weighted by Crippen LogP contribution is -2.58. The predicted molar refractivity (Wildman–Crippen MR) is 44.4 cm³/mol. The van der Waals surface area contributed by atoms with Gasteiger partial charge in [-0.2, -0.15) is 0 Å². The quantitative estimate of drug-likeness (QED) is 0.595. The van der Waals surface area contributed by atoms with E-state index in [1.165, 1.54) is 0 Å². The third-order valence-electron chi connectivity index (χ3n) is 2.24. The molecule has 4 nitrogen and oxygen atoms in total. The molecule has 1 rings (SSSR count). The maximum Gasteiger partial charge on any atom is 0.243 e. The van der Waals surface area contributed by atoms with E-state index in [0.29, 0.717) is 0 Å². The molecular formula is C8H14N2O2. The van der Waals surface area contributed by atoms with Crippen molar-refractivity contribution in [3.63, 3.8) is 0 Å². The largest absolute Gasteiger partial charge is 0.345 e. The Morgan fingerprint density at radius 2 is 2.25 bits per heavy atom. The highest BCUT2D eigenvalue weighted by molar-refractivity contribution is 5.94. The third kappa shape index (κ3) is 1.75. The van der Waals surface area contributed by atoms with Crippen molar-refractivity contribution in [2.24, 2.45) is 5.92 Å². The van der Waals surface area contributed by atoms with Gasteiger partial charge in [-0.25, -0.2) is 0 Å². The molecule has 1 saturated heterocycles. The third-order valence-corrected chi connectivity index (χ3v) is 2.24. The van der Waals surface area contributed by atoms with Gasteiger partial charge in [-0.15, -0.1) is 0 Å². The Bertz CT molecular complexity index is 203. The number of carbonyl (C=O) groups is 2. The smallest absolute Gasteiger partial charge is 0.243 e. The van der Waals surface area contributed by atoms with Crippen LogP contribution in [-0.2, 0) is 9.59 Å². The summed E-state index contributed by atoms with van der Waals surface area (Å²) in [6.45, 7) is 4.07. The second-order valence-electron chi connectivity index (χ2n) is 3.15. The van der Waals surface area contributed by atoms with Gasteiger partial charge in [0.1, 0.15) is 6.04 Å². The molecule has 2 amide bonds. The van der Waals surface area contributed by atoms with Gasteiger partial charge in [0.25, 0.3) is 0 Å². The zero-order valence-corrected chi connectivity index (χ0v) is 7.39. The average Bonchev–Trinajstić information content (AvgIpc) is 2.08. The van der Waals surface area contributed by atoms with Crippen LogP contribution in [0.2, 0.25) is 0 Å². The van der Waals surface area contributed by atoms with Gasteiger partial charge >= 0.3 is 0 Å². The fraction of sp³-hybridized carbons (Fsp3) is 0.750. The SMILES string of the molecule is CC[C@H](C)C1NC(=O)CNC1=O. The van der Waals surface area contributed by atoms with Crippen molar-refractivity contribution < 1.29 is 9.59 Å². The Hall–Kier alpha value is -1.06. The highest BCUT2D eigenvalue weighted by Gasteiger charge is 2.29. The van der Waals surface area contributed by atoms with Crippen LogP contribution in [0.3, 0.4) is 0 Å². The summed E-state index contributed by atoms with van der Waals surface area (Å²) in [5.41, 5.74) is 0. The van der Waals surface area contributed by atoms with Crippen LogP contribution in [-0.4, -0.2) is 24.4 Å². The number of hydrogen-bond donors (Lipinski definition) is 2. The van der Waals surface area contributed by atoms with E-state index in [2.05, 4.69) is 10.6 Å². The van der Waals surface area contributed by atoms with Crippen molar-refractivity contribution >= 4 is 11.8 Å². The van der Waals surface area contributed by atoms with Crippen LogP contribution >= 0.6 is 0 Å². The van der Waals surface area contributed by atoms with E-state index in [-0.39, 0.29) is 30.3 Å². The second kappa shape index (κ2) is 3.56. The van der Waals surface area contributed by atoms with E-state index in [1.807, 2.05) is 13.8 Å². The maximum absolute atomic E-state index is 11.2. The molecule has 4 heteroatoms. The maximum atomic E-state index is 11.2. The fourth-order valence-electron chi connectivity index (χ4n) is 1.20. The molecule has 0 bridgehead atoms. The second-order valence-corrected chi connectivity index (χ2v) is 3.15. The van der Waals surface area contributed by atoms with E-state index in [9.17, 15) is 9.59 Å². The molecule has 2 N–H and O–H groups in total. The number of hydrogen-bond acceptors (Lipinski definition) is 2. The van der Waals surface area contributed by atoms with Gasteiger partial charge in [-0.05, 0) is 5.92 Å². The average molecular weight is 170 g/mol. The fourth-order valence-corrected chi connectivity index (χ4v) is 1.20. The molecule has 68 valence electrons. The zero-order chi connectivity index (χ0) is 9.14. The van der Waals surface area contributed by atoms with Crippen molar-refractivity contribution in [2.75, 3.05) is 6.54 Å². The number of nitrogens with one attached hydrogen (secondary N) is 2. The van der Waals surface area contributed by atoms with Crippen LogP contribution in [0.25, 0.3) is 0 Å². The minimum atomic E-state index is -0.337. The zero-order valence-electron chi connectivity index (χ0n) is 7.39. The Morgan fingerprint density at radius 3 is 2.83 bits per heavy atom. The minimum absolute atomic E-state index is 0.0658. The number of piperazine rings is 1. The van der Waals surface area contributed by atoms with E-state index in [4.69, 9.17) is 0 Å². The van der Waals surface area contributed by atoms with E-state index >= 15 is 0 Å². The molecule has 0 aromatic carbocycles. The number of amides is 2. The summed E-state index contributed by atoms with van der Waals surface area (Å²) < 4.78 is 0. The van der Waals surface area contributed by atoms with Gasteiger partial charge in [0.2, 0.25) is 11.8 Å². The van der Waals surface area contributed by atoms with E-state index < -0.39 is 0 Å². The number of carbonyl (C=O) groups excluding carboxylic acids is 2. The molecular weight excluding hydrogens is 156 g/mol. The molecule has 0 spiro atoms. The van der Waals surface area contributed by atoms with Gasteiger partial charge in [-0.3, -0.25) is 9.59 Å². The predicted octanol–water partition coefficient (Wildman–Crippen LogP) is -0.353. The first-order valence-corrected chi connectivity index (χ1v) is 4.22. The molecule has 0 aliphatic carbocycles. The molecule has 12 heavy (non-hydrogen) atoms. The normalized spacial score (nSPS) is 26.0. The monoisotopic (exact) mass is 170 g/mol. The first kappa shape index (κ1) is 9.03. The van der Waals surface area contributed by atoms with Crippen LogP contribution in [0.4, 0.5) is 0 Å². The van der Waals surface area contributed by atoms with Gasteiger partial charge in [0, 0.05) is 0 Å². The molecule has 0 saturated carbocycles. The molecule has 1 aliphatic heterocycles. The van der Waals surface area contributed by atoms with Crippen molar-refractivity contribution in [1.29, 1.82) is 0 Å². The van der Waals surface area contributed by atoms with Gasteiger partial charge in [-0.1, -0.05) is 20.3 Å². The molecule has 1 unspecified atom stereocenters. The summed E-state index contributed by atoms with van der Waals surface area (Å²) in [5.74, 6) is 0.0399. The van der Waals surface area contributed by atoms with Gasteiger partial charge < -0.3 is 10.6 Å². The molecule has 1 heterocycles. The highest BCUT2D eigenvalue weighted by Crippen LogP contribution is 2.09. The molecule has 0 radical (unpaired) electrons. The van der Waals surface area contributed by atoms with Crippen LogP contribution < -0.4 is 10.6 Å². The Labute approximate surface area is 71.7 Å². The van der Waals surface area contributed by atoms with Crippen molar-refractivity contribution in [3.8, 4) is 0 Å². The number of rotatable bonds is 2. The summed E-state index contributed by atoms with van der Waals surface area (Å²) >= 11 is 0. The molecule has 2 atom stereocenters. The van der Waals surface area contributed by atoms with Crippen LogP contribution in [0.15, 0.2) is 0 Å². The first-order valence-electron chi connectivity index (χ1n) is 4.22. The Kier molecular flexibility index (Phi) is 2.68. The Morgan fingerprint density at radius 1 is 1.58 bits per heavy atom. The Balaban J connectivity index is 2.60. The van der Waals surface area contributed by atoms with Crippen molar-refractivity contribution in [2.45, 2.75) is 26.3 Å². The standard InChI is InChI=1S/C8H14N2O2/c1-3-5(2)7-8(12)9-4-6(11)10-7/h5,7H,3-4H2,1-2H3,(H,9,12)(H,10,11)/t5-,7?/m0/s1. The summed E-state index contributed by atoms with van der Waals surface area (Å²) in [5, 5.41) is 5.21.